The molecule has 6 rings (SSSR count). The average molecular weight is 364 g/mol. The molecule has 3 heteroatoms. The summed E-state index contributed by atoms with van der Waals surface area (Å²) >= 11 is 0. The van der Waals surface area contributed by atoms with Gasteiger partial charge in [0.1, 0.15) is 11.4 Å². The Morgan fingerprint density at radius 3 is 2.36 bits per heavy atom. The minimum absolute atomic E-state index is 0.381. The molecule has 2 aromatic heterocycles. The van der Waals surface area contributed by atoms with Crippen LogP contribution in [0.15, 0.2) is 66.7 Å². The number of aromatic amines is 2. The Balaban J connectivity index is 1.42. The Morgan fingerprint density at radius 2 is 1.50 bits per heavy atom. The van der Waals surface area contributed by atoms with Crippen LogP contribution in [-0.2, 0) is 0 Å². The molecule has 3 nitrogen and oxygen atoms in total. The molecule has 5 aromatic rings. The van der Waals surface area contributed by atoms with Crippen LogP contribution in [-0.4, -0.2) is 15.6 Å². The number of H-pyrrole nitrogens is 2. The molecule has 2 heterocycles. The van der Waals surface area contributed by atoms with Gasteiger partial charge in [-0.05, 0) is 37.3 Å². The summed E-state index contributed by atoms with van der Waals surface area (Å²) in [6.07, 6.45) is 5.35. The van der Waals surface area contributed by atoms with Gasteiger partial charge in [0.25, 0.3) is 0 Å². The standard InChI is InChI=1S/C25H20N2O/c1-25(13-12-20-18-7-3-5-9-22(18)27-24(20)15-25)28-16-10-11-19-17-6-2-4-8-21(17)26-23(19)14-16/h2-12,14-15,26-27H,13H2,1H3. The van der Waals surface area contributed by atoms with Crippen LogP contribution in [0.2, 0.25) is 0 Å². The zero-order chi connectivity index (χ0) is 18.7. The fourth-order valence-electron chi connectivity index (χ4n) is 4.42. The number of para-hydroxylation sites is 2. The van der Waals surface area contributed by atoms with Crippen LogP contribution < -0.4 is 15.3 Å². The van der Waals surface area contributed by atoms with E-state index in [1.165, 1.54) is 26.9 Å². The number of aromatic nitrogens is 2. The van der Waals surface area contributed by atoms with E-state index in [-0.39, 0.29) is 5.60 Å². The largest absolute Gasteiger partial charge is 0.483 e. The summed E-state index contributed by atoms with van der Waals surface area (Å²) in [6, 6.07) is 23.2. The SMILES string of the molecule is CC1(Oc2ccc3c(c2)[nH]c2ccccc23)C=c2[nH]c3ccccc3c2=CC1. The number of fused-ring (bicyclic) bond motifs is 6. The minimum atomic E-state index is -0.381. The van der Waals surface area contributed by atoms with Crippen LogP contribution in [0.5, 0.6) is 5.75 Å². The molecule has 1 atom stereocenters. The third-order valence-corrected chi connectivity index (χ3v) is 5.77. The summed E-state index contributed by atoms with van der Waals surface area (Å²) in [7, 11) is 0. The van der Waals surface area contributed by atoms with E-state index in [2.05, 4.69) is 95.8 Å². The summed E-state index contributed by atoms with van der Waals surface area (Å²) in [5, 5.41) is 6.17. The molecular weight excluding hydrogens is 344 g/mol. The fourth-order valence-corrected chi connectivity index (χ4v) is 4.42. The second-order valence-electron chi connectivity index (χ2n) is 7.84. The Kier molecular flexibility index (Phi) is 3.07. The van der Waals surface area contributed by atoms with Crippen LogP contribution in [0.3, 0.4) is 0 Å². The first-order valence-corrected chi connectivity index (χ1v) is 9.68. The van der Waals surface area contributed by atoms with Gasteiger partial charge in [0.2, 0.25) is 0 Å². The zero-order valence-electron chi connectivity index (χ0n) is 15.6. The summed E-state index contributed by atoms with van der Waals surface area (Å²) in [5.41, 5.74) is 3.05. The van der Waals surface area contributed by atoms with Crippen LogP contribution >= 0.6 is 0 Å². The van der Waals surface area contributed by atoms with Crippen molar-refractivity contribution in [1.82, 2.24) is 9.97 Å². The maximum Gasteiger partial charge on any atom is 0.130 e. The molecule has 3 aromatic carbocycles. The highest BCUT2D eigenvalue weighted by molar-refractivity contribution is 6.07. The molecule has 1 aliphatic carbocycles. The number of hydrogen-bond donors (Lipinski definition) is 2. The predicted molar refractivity (Wildman–Crippen MR) is 116 cm³/mol. The lowest BCUT2D eigenvalue weighted by Gasteiger charge is -2.28. The van der Waals surface area contributed by atoms with Crippen molar-refractivity contribution in [2.24, 2.45) is 0 Å². The molecule has 136 valence electrons. The van der Waals surface area contributed by atoms with Gasteiger partial charge in [0, 0.05) is 50.2 Å². The van der Waals surface area contributed by atoms with Gasteiger partial charge in [0.05, 0.1) is 5.52 Å². The van der Waals surface area contributed by atoms with Crippen molar-refractivity contribution in [3.63, 3.8) is 0 Å². The molecule has 1 aliphatic rings. The third kappa shape index (κ3) is 2.29. The van der Waals surface area contributed by atoms with Crippen LogP contribution in [0.25, 0.3) is 44.9 Å². The lowest BCUT2D eigenvalue weighted by atomic mass is 9.96. The van der Waals surface area contributed by atoms with Crippen molar-refractivity contribution < 1.29 is 4.74 Å². The summed E-state index contributed by atoms with van der Waals surface area (Å²) in [4.78, 5) is 7.03. The second kappa shape index (κ2) is 5.52. The number of nitrogens with one attached hydrogen (secondary N) is 2. The van der Waals surface area contributed by atoms with Gasteiger partial charge in [-0.3, -0.25) is 0 Å². The molecule has 28 heavy (non-hydrogen) atoms. The molecule has 0 amide bonds. The number of rotatable bonds is 2. The Bertz CT molecular complexity index is 1490. The Labute approximate surface area is 162 Å². The van der Waals surface area contributed by atoms with Gasteiger partial charge in [0.15, 0.2) is 0 Å². The first kappa shape index (κ1) is 15.6. The monoisotopic (exact) mass is 364 g/mol. The van der Waals surface area contributed by atoms with Gasteiger partial charge < -0.3 is 14.7 Å². The van der Waals surface area contributed by atoms with Gasteiger partial charge >= 0.3 is 0 Å². The van der Waals surface area contributed by atoms with Crippen LogP contribution in [0.4, 0.5) is 0 Å². The lowest BCUT2D eigenvalue weighted by Crippen LogP contribution is -2.39. The van der Waals surface area contributed by atoms with Crippen molar-refractivity contribution in [3.8, 4) is 5.75 Å². The van der Waals surface area contributed by atoms with Gasteiger partial charge in [-0.15, -0.1) is 0 Å². The number of ether oxygens (including phenoxy) is 1. The van der Waals surface area contributed by atoms with E-state index in [4.69, 9.17) is 4.74 Å². The van der Waals surface area contributed by atoms with Crippen molar-refractivity contribution in [2.45, 2.75) is 18.9 Å². The summed E-state index contributed by atoms with van der Waals surface area (Å²) in [6.45, 7) is 2.15. The van der Waals surface area contributed by atoms with E-state index in [0.29, 0.717) is 0 Å². The van der Waals surface area contributed by atoms with Gasteiger partial charge in [-0.25, -0.2) is 0 Å². The first-order valence-electron chi connectivity index (χ1n) is 9.68. The topological polar surface area (TPSA) is 40.8 Å². The van der Waals surface area contributed by atoms with Crippen molar-refractivity contribution in [3.05, 3.63) is 77.3 Å². The minimum Gasteiger partial charge on any atom is -0.483 e. The second-order valence-corrected chi connectivity index (χ2v) is 7.84. The Hall–Kier alpha value is -3.46. The molecule has 0 saturated heterocycles. The molecular formula is C25H20N2O. The lowest BCUT2D eigenvalue weighted by molar-refractivity contribution is 0.163. The summed E-state index contributed by atoms with van der Waals surface area (Å²) in [5.74, 6) is 0.880. The molecule has 0 radical (unpaired) electrons. The highest BCUT2D eigenvalue weighted by Crippen LogP contribution is 2.31. The highest BCUT2D eigenvalue weighted by Gasteiger charge is 2.25. The van der Waals surface area contributed by atoms with E-state index in [1.54, 1.807) is 0 Å². The quantitative estimate of drug-likeness (QED) is 0.472. The van der Waals surface area contributed by atoms with E-state index >= 15 is 0 Å². The number of benzene rings is 3. The average Bonchev–Trinajstić information content (AvgIpc) is 3.24. The van der Waals surface area contributed by atoms with E-state index in [0.717, 1.165) is 28.6 Å². The van der Waals surface area contributed by atoms with E-state index < -0.39 is 0 Å². The first-order chi connectivity index (χ1) is 13.7. The predicted octanol–water partition coefficient (Wildman–Crippen LogP) is 4.60. The zero-order valence-corrected chi connectivity index (χ0v) is 15.6. The smallest absolute Gasteiger partial charge is 0.130 e. The molecule has 0 saturated carbocycles. The third-order valence-electron chi connectivity index (χ3n) is 5.77. The maximum absolute atomic E-state index is 6.47. The molecule has 2 N–H and O–H groups in total. The van der Waals surface area contributed by atoms with Crippen molar-refractivity contribution in [1.29, 1.82) is 0 Å². The fraction of sp³-hybridized carbons (Fsp3) is 0.120. The van der Waals surface area contributed by atoms with E-state index in [9.17, 15) is 0 Å². The van der Waals surface area contributed by atoms with Crippen LogP contribution in [0.1, 0.15) is 13.3 Å². The van der Waals surface area contributed by atoms with Gasteiger partial charge in [-0.2, -0.15) is 0 Å². The summed E-state index contributed by atoms with van der Waals surface area (Å²) < 4.78 is 6.47. The van der Waals surface area contributed by atoms with Gasteiger partial charge in [-0.1, -0.05) is 42.5 Å². The molecule has 0 aliphatic heterocycles. The van der Waals surface area contributed by atoms with E-state index in [1.807, 2.05) is 0 Å². The molecule has 0 fully saturated rings. The normalized spacial score (nSPS) is 18.8. The Morgan fingerprint density at radius 1 is 0.786 bits per heavy atom. The van der Waals surface area contributed by atoms with Crippen LogP contribution in [0, 0.1) is 0 Å². The maximum atomic E-state index is 6.47. The molecule has 0 bridgehead atoms. The highest BCUT2D eigenvalue weighted by atomic mass is 16.5. The number of hydrogen-bond acceptors (Lipinski definition) is 1. The molecule has 1 unspecified atom stereocenters. The van der Waals surface area contributed by atoms with Crippen molar-refractivity contribution in [2.75, 3.05) is 0 Å². The molecule has 0 spiro atoms. The van der Waals surface area contributed by atoms with Crippen molar-refractivity contribution >= 4 is 44.9 Å².